The first-order valence-corrected chi connectivity index (χ1v) is 12.5. The molecule has 1 amide bonds. The number of carbonyl (C=O) groups excluding carboxylic acids is 1. The Kier molecular flexibility index (Phi) is 6.69. The van der Waals surface area contributed by atoms with Gasteiger partial charge in [0.1, 0.15) is 10.6 Å². The second-order valence-corrected chi connectivity index (χ2v) is 9.83. The van der Waals surface area contributed by atoms with E-state index in [0.717, 1.165) is 38.8 Å². The van der Waals surface area contributed by atoms with Crippen molar-refractivity contribution in [3.8, 4) is 5.75 Å². The quantitative estimate of drug-likeness (QED) is 0.605. The van der Waals surface area contributed by atoms with Gasteiger partial charge in [0.2, 0.25) is 5.91 Å². The predicted molar refractivity (Wildman–Crippen MR) is 127 cm³/mol. The van der Waals surface area contributed by atoms with E-state index in [0.29, 0.717) is 29.2 Å². The minimum absolute atomic E-state index is 0.0743. The first-order chi connectivity index (χ1) is 15.5. The van der Waals surface area contributed by atoms with Crippen LogP contribution < -0.4 is 19.7 Å². The van der Waals surface area contributed by atoms with Gasteiger partial charge in [0, 0.05) is 30.4 Å². The second kappa shape index (κ2) is 9.65. The number of rotatable bonds is 7. The van der Waals surface area contributed by atoms with Crippen LogP contribution in [0.25, 0.3) is 0 Å². The van der Waals surface area contributed by atoms with Gasteiger partial charge in [-0.05, 0) is 74.6 Å². The summed E-state index contributed by atoms with van der Waals surface area (Å²) in [5.41, 5.74) is 1.59. The van der Waals surface area contributed by atoms with Crippen LogP contribution in [0.3, 0.4) is 0 Å². The number of methoxy groups -OCH3 is 1. The molecular formula is C24H29N3O4S. The van der Waals surface area contributed by atoms with Crippen LogP contribution in [0.2, 0.25) is 0 Å². The average Bonchev–Trinajstić information content (AvgIpc) is 3.35. The van der Waals surface area contributed by atoms with Crippen LogP contribution >= 0.6 is 0 Å². The van der Waals surface area contributed by atoms with E-state index in [4.69, 9.17) is 4.74 Å². The normalized spacial score (nSPS) is 18.4. The van der Waals surface area contributed by atoms with Crippen molar-refractivity contribution in [2.75, 3.05) is 35.1 Å². The molecule has 0 spiro atoms. The number of ether oxygens (including phenoxy) is 1. The fourth-order valence-corrected chi connectivity index (χ4v) is 5.48. The number of benzene rings is 2. The monoisotopic (exact) mass is 455 g/mol. The zero-order chi connectivity index (χ0) is 22.6. The van der Waals surface area contributed by atoms with Crippen LogP contribution in [0.15, 0.2) is 59.5 Å². The maximum absolute atomic E-state index is 13.4. The lowest BCUT2D eigenvalue weighted by atomic mass is 9.93. The zero-order valence-corrected chi connectivity index (χ0v) is 19.0. The molecule has 2 aliphatic rings. The Morgan fingerprint density at radius 2 is 1.75 bits per heavy atom. The summed E-state index contributed by atoms with van der Waals surface area (Å²) in [7, 11) is -2.32. The number of anilines is 3. The third-order valence-electron chi connectivity index (χ3n) is 5.95. The van der Waals surface area contributed by atoms with Crippen molar-refractivity contribution in [1.82, 2.24) is 0 Å². The van der Waals surface area contributed by atoms with Crippen molar-refractivity contribution < 1.29 is 17.9 Å². The topological polar surface area (TPSA) is 87.7 Å². The van der Waals surface area contributed by atoms with Gasteiger partial charge in [-0.25, -0.2) is 8.42 Å². The SMILES string of the molecule is COc1ccc(NS(=O)(=O)c2cc(NC(=O)[C@@H]3CC=CCC3)ccc2N2CCCC2)cc1. The van der Waals surface area contributed by atoms with Crippen LogP contribution in [0, 0.1) is 5.92 Å². The maximum Gasteiger partial charge on any atom is 0.264 e. The van der Waals surface area contributed by atoms with Gasteiger partial charge in [-0.3, -0.25) is 9.52 Å². The second-order valence-electron chi connectivity index (χ2n) is 8.18. The number of hydrogen-bond acceptors (Lipinski definition) is 5. The predicted octanol–water partition coefficient (Wildman–Crippen LogP) is 4.39. The smallest absolute Gasteiger partial charge is 0.264 e. The molecule has 4 rings (SSSR count). The molecule has 0 saturated carbocycles. The fraction of sp³-hybridized carbons (Fsp3) is 0.375. The highest BCUT2D eigenvalue weighted by Gasteiger charge is 2.26. The first-order valence-electron chi connectivity index (χ1n) is 11.0. The number of carbonyl (C=O) groups is 1. The Morgan fingerprint density at radius 3 is 2.41 bits per heavy atom. The third kappa shape index (κ3) is 5.07. The highest BCUT2D eigenvalue weighted by molar-refractivity contribution is 7.92. The lowest BCUT2D eigenvalue weighted by Gasteiger charge is -2.23. The van der Waals surface area contributed by atoms with E-state index in [1.807, 2.05) is 6.08 Å². The van der Waals surface area contributed by atoms with Crippen LogP contribution in [-0.4, -0.2) is 34.5 Å². The zero-order valence-electron chi connectivity index (χ0n) is 18.2. The first kappa shape index (κ1) is 22.2. The van der Waals surface area contributed by atoms with E-state index in [1.165, 1.54) is 0 Å². The number of hydrogen-bond donors (Lipinski definition) is 2. The molecule has 0 aromatic heterocycles. The highest BCUT2D eigenvalue weighted by Crippen LogP contribution is 2.33. The fourth-order valence-electron chi connectivity index (χ4n) is 4.17. The molecule has 1 fully saturated rings. The van der Waals surface area contributed by atoms with Crippen LogP contribution in [0.4, 0.5) is 17.1 Å². The maximum atomic E-state index is 13.4. The molecule has 2 aromatic carbocycles. The summed E-state index contributed by atoms with van der Waals surface area (Å²) in [6.07, 6.45) is 8.57. The molecule has 32 heavy (non-hydrogen) atoms. The van der Waals surface area contributed by atoms with Gasteiger partial charge in [-0.1, -0.05) is 12.2 Å². The van der Waals surface area contributed by atoms with Crippen molar-refractivity contribution in [2.24, 2.45) is 5.92 Å². The Morgan fingerprint density at radius 1 is 1.03 bits per heavy atom. The Balaban J connectivity index is 1.62. The number of allylic oxidation sites excluding steroid dienone is 2. The molecule has 8 heteroatoms. The third-order valence-corrected chi connectivity index (χ3v) is 7.36. The lowest BCUT2D eigenvalue weighted by molar-refractivity contribution is -0.120. The van der Waals surface area contributed by atoms with Crippen molar-refractivity contribution in [1.29, 1.82) is 0 Å². The van der Waals surface area contributed by atoms with E-state index >= 15 is 0 Å². The molecule has 170 valence electrons. The molecule has 0 radical (unpaired) electrons. The van der Waals surface area contributed by atoms with Gasteiger partial charge in [-0.2, -0.15) is 0 Å². The molecule has 1 aliphatic heterocycles. The van der Waals surface area contributed by atoms with Crippen molar-refractivity contribution in [3.05, 3.63) is 54.6 Å². The summed E-state index contributed by atoms with van der Waals surface area (Å²) in [6.45, 7) is 1.62. The van der Waals surface area contributed by atoms with E-state index in [-0.39, 0.29) is 16.7 Å². The van der Waals surface area contributed by atoms with E-state index in [2.05, 4.69) is 21.0 Å². The summed E-state index contributed by atoms with van der Waals surface area (Å²) in [5.74, 6) is 0.485. The summed E-state index contributed by atoms with van der Waals surface area (Å²) in [4.78, 5) is 14.9. The van der Waals surface area contributed by atoms with Crippen LogP contribution in [0.5, 0.6) is 5.75 Å². The molecule has 1 saturated heterocycles. The summed E-state index contributed by atoms with van der Waals surface area (Å²) >= 11 is 0. The molecule has 1 aliphatic carbocycles. The summed E-state index contributed by atoms with van der Waals surface area (Å²) < 4.78 is 34.6. The molecule has 2 aromatic rings. The molecule has 7 nitrogen and oxygen atoms in total. The standard InChI is InChI=1S/C24H29N3O4S/c1-31-21-12-9-19(10-13-21)26-32(29,30)23-17-20(11-14-22(23)27-15-5-6-16-27)25-24(28)18-7-3-2-4-8-18/h2-3,9-14,17-18,26H,4-8,15-16H2,1H3,(H,25,28)/t18-/m1/s1. The number of nitrogens with one attached hydrogen (secondary N) is 2. The minimum atomic E-state index is -3.88. The Hall–Kier alpha value is -3.00. The molecule has 1 atom stereocenters. The highest BCUT2D eigenvalue weighted by atomic mass is 32.2. The number of sulfonamides is 1. The molecule has 0 bridgehead atoms. The van der Waals surface area contributed by atoms with Gasteiger partial charge in [-0.15, -0.1) is 0 Å². The van der Waals surface area contributed by atoms with Gasteiger partial charge in [0.25, 0.3) is 10.0 Å². The van der Waals surface area contributed by atoms with Crippen molar-refractivity contribution >= 4 is 33.0 Å². The minimum Gasteiger partial charge on any atom is -0.497 e. The van der Waals surface area contributed by atoms with Crippen LogP contribution in [-0.2, 0) is 14.8 Å². The van der Waals surface area contributed by atoms with E-state index in [9.17, 15) is 13.2 Å². The Labute approximate surface area is 189 Å². The van der Waals surface area contributed by atoms with Gasteiger partial charge < -0.3 is 15.0 Å². The molecular weight excluding hydrogens is 426 g/mol. The molecule has 2 N–H and O–H groups in total. The summed E-state index contributed by atoms with van der Waals surface area (Å²) in [5, 5.41) is 2.92. The van der Waals surface area contributed by atoms with E-state index < -0.39 is 10.0 Å². The van der Waals surface area contributed by atoms with Crippen molar-refractivity contribution in [3.63, 3.8) is 0 Å². The van der Waals surface area contributed by atoms with Gasteiger partial charge in [0.15, 0.2) is 0 Å². The average molecular weight is 456 g/mol. The van der Waals surface area contributed by atoms with Gasteiger partial charge >= 0.3 is 0 Å². The van der Waals surface area contributed by atoms with Crippen LogP contribution in [0.1, 0.15) is 32.1 Å². The van der Waals surface area contributed by atoms with Crippen molar-refractivity contribution in [2.45, 2.75) is 37.0 Å². The van der Waals surface area contributed by atoms with E-state index in [1.54, 1.807) is 49.6 Å². The molecule has 1 heterocycles. The summed E-state index contributed by atoms with van der Waals surface area (Å²) in [6, 6.07) is 11.9. The lowest BCUT2D eigenvalue weighted by Crippen LogP contribution is -2.25. The largest absolute Gasteiger partial charge is 0.497 e. The number of nitrogens with zero attached hydrogens (tertiary/aromatic N) is 1. The van der Waals surface area contributed by atoms with Gasteiger partial charge in [0.05, 0.1) is 12.8 Å². The Bertz CT molecular complexity index is 1090. The molecule has 0 unspecified atom stereocenters. The number of amides is 1.